The van der Waals surface area contributed by atoms with Crippen LogP contribution in [-0.2, 0) is 13.2 Å². The fraction of sp³-hybridized carbons (Fsp3) is 0.0741. The molecule has 9 rings (SSSR count). The molecule has 10 nitrogen and oxygen atoms in total. The van der Waals surface area contributed by atoms with Crippen molar-refractivity contribution in [1.29, 1.82) is 0 Å². The molecule has 0 saturated heterocycles. The van der Waals surface area contributed by atoms with Crippen molar-refractivity contribution >= 4 is 41.5 Å². The second-order valence-electron chi connectivity index (χ2n) is 15.3. The average molecular weight is 845 g/mol. The van der Waals surface area contributed by atoms with Gasteiger partial charge in [-0.3, -0.25) is 24.1 Å². The number of aryl methyl sites for hydroxylation is 1. The van der Waals surface area contributed by atoms with E-state index >= 15 is 0 Å². The van der Waals surface area contributed by atoms with E-state index in [1.165, 1.54) is 7.05 Å². The van der Waals surface area contributed by atoms with Gasteiger partial charge in [-0.25, -0.2) is 4.90 Å². The van der Waals surface area contributed by atoms with Gasteiger partial charge in [0, 0.05) is 7.05 Å². The minimum Gasteiger partial charge on any atom is -0.489 e. The van der Waals surface area contributed by atoms with E-state index in [1.807, 2.05) is 85.8 Å². The summed E-state index contributed by atoms with van der Waals surface area (Å²) in [5, 5.41) is 0. The number of carbonyl (C=O) groups is 4. The van der Waals surface area contributed by atoms with Crippen LogP contribution in [0.1, 0.15) is 69.2 Å². The molecule has 2 heterocycles. The number of imide groups is 2. The Kier molecular flexibility index (Phi) is 10.9. The molecule has 0 aliphatic carbocycles. The van der Waals surface area contributed by atoms with Gasteiger partial charge in [-0.05, 0) is 125 Å². The summed E-state index contributed by atoms with van der Waals surface area (Å²) < 4.78 is 24.8. The zero-order valence-corrected chi connectivity index (χ0v) is 35.0. The van der Waals surface area contributed by atoms with Crippen molar-refractivity contribution in [1.82, 2.24) is 4.90 Å². The minimum absolute atomic E-state index is 0.178. The molecule has 4 amide bonds. The Balaban J connectivity index is 0.948. The van der Waals surface area contributed by atoms with E-state index in [2.05, 4.69) is 13.2 Å². The molecular weight excluding hydrogens is 805 g/mol. The average Bonchev–Trinajstić information content (AvgIpc) is 3.70. The van der Waals surface area contributed by atoms with Crippen molar-refractivity contribution < 1.29 is 38.1 Å². The van der Waals surface area contributed by atoms with Crippen LogP contribution in [0.15, 0.2) is 159 Å². The molecule has 0 radical (unpaired) electrons. The highest BCUT2D eigenvalue weighted by molar-refractivity contribution is 6.35. The number of nitrogens with zero attached hydrogens (tertiary/aromatic N) is 2. The number of hydrogen-bond donors (Lipinski definition) is 0. The maximum atomic E-state index is 14.2. The molecule has 0 spiro atoms. The fourth-order valence-electron chi connectivity index (χ4n) is 7.51. The van der Waals surface area contributed by atoms with Crippen molar-refractivity contribution in [2.45, 2.75) is 20.1 Å². The molecule has 0 N–H and O–H groups in total. The number of fused-ring (bicyclic) bond motifs is 2. The lowest BCUT2D eigenvalue weighted by molar-refractivity contribution is 0.0692. The summed E-state index contributed by atoms with van der Waals surface area (Å²) >= 11 is 0. The third-order valence-corrected chi connectivity index (χ3v) is 11.2. The van der Waals surface area contributed by atoms with Crippen molar-refractivity contribution in [3.05, 3.63) is 209 Å². The van der Waals surface area contributed by atoms with Crippen LogP contribution in [0.3, 0.4) is 0 Å². The molecule has 0 fully saturated rings. The van der Waals surface area contributed by atoms with Crippen molar-refractivity contribution in [3.63, 3.8) is 0 Å². The Morgan fingerprint density at radius 3 is 1.45 bits per heavy atom. The van der Waals surface area contributed by atoms with Gasteiger partial charge in [-0.15, -0.1) is 0 Å². The van der Waals surface area contributed by atoms with Gasteiger partial charge in [0.2, 0.25) is 0 Å². The Morgan fingerprint density at radius 2 is 0.906 bits per heavy atom. The first-order valence-electron chi connectivity index (χ1n) is 20.5. The highest BCUT2D eigenvalue weighted by Crippen LogP contribution is 2.41. The van der Waals surface area contributed by atoms with Crippen LogP contribution in [0.4, 0.5) is 5.69 Å². The number of rotatable bonds is 14. The molecule has 0 bridgehead atoms. The first kappa shape index (κ1) is 40.9. The Labute approximate surface area is 369 Å². The third-order valence-electron chi connectivity index (χ3n) is 11.2. The summed E-state index contributed by atoms with van der Waals surface area (Å²) in [7, 11) is 1.44. The molecule has 7 aromatic carbocycles. The summed E-state index contributed by atoms with van der Waals surface area (Å²) in [6.07, 6.45) is 3.57. The lowest BCUT2D eigenvalue weighted by Crippen LogP contribution is -2.29. The van der Waals surface area contributed by atoms with Gasteiger partial charge in [0.25, 0.3) is 23.6 Å². The lowest BCUT2D eigenvalue weighted by Gasteiger charge is -2.20. The van der Waals surface area contributed by atoms with Gasteiger partial charge < -0.3 is 18.9 Å². The van der Waals surface area contributed by atoms with Crippen molar-refractivity contribution in [3.8, 4) is 45.6 Å². The maximum absolute atomic E-state index is 14.2. The minimum atomic E-state index is -0.519. The molecule has 2 aliphatic rings. The van der Waals surface area contributed by atoms with Crippen LogP contribution in [-0.4, -0.2) is 35.6 Å². The second kappa shape index (κ2) is 17.1. The Hall–Kier alpha value is -8.50. The van der Waals surface area contributed by atoms with E-state index in [9.17, 15) is 19.2 Å². The van der Waals surface area contributed by atoms with E-state index in [1.54, 1.807) is 78.9 Å². The molecule has 0 unspecified atom stereocenters. The topological polar surface area (TPSA) is 112 Å². The molecule has 0 aromatic heterocycles. The molecule has 0 atom stereocenters. The predicted molar refractivity (Wildman–Crippen MR) is 245 cm³/mol. The molecule has 0 saturated carbocycles. The van der Waals surface area contributed by atoms with Crippen molar-refractivity contribution in [2.24, 2.45) is 0 Å². The quantitative estimate of drug-likeness (QED) is 0.0995. The smallest absolute Gasteiger partial charge is 0.266 e. The summed E-state index contributed by atoms with van der Waals surface area (Å²) in [6.45, 7) is 10.2. The highest BCUT2D eigenvalue weighted by Gasteiger charge is 2.39. The van der Waals surface area contributed by atoms with Gasteiger partial charge in [0.1, 0.15) is 47.7 Å². The van der Waals surface area contributed by atoms with Gasteiger partial charge in [0.15, 0.2) is 0 Å². The largest absolute Gasteiger partial charge is 0.489 e. The second-order valence-corrected chi connectivity index (χ2v) is 15.3. The number of carbonyl (C=O) groups excluding carboxylic acids is 4. The first-order chi connectivity index (χ1) is 31.1. The molecule has 64 heavy (non-hydrogen) atoms. The molecule has 10 heteroatoms. The summed E-state index contributed by atoms with van der Waals surface area (Å²) in [5.41, 5.74) is 7.90. The first-order valence-corrected chi connectivity index (χ1v) is 20.5. The number of benzene rings is 7. The Morgan fingerprint density at radius 1 is 0.469 bits per heavy atom. The van der Waals surface area contributed by atoms with Crippen LogP contribution < -0.4 is 23.8 Å². The Bertz CT molecular complexity index is 3030. The van der Waals surface area contributed by atoms with E-state index in [-0.39, 0.29) is 35.1 Å². The number of anilines is 1. The highest BCUT2D eigenvalue weighted by atomic mass is 16.5. The number of ether oxygens (including phenoxy) is 4. The van der Waals surface area contributed by atoms with E-state index in [4.69, 9.17) is 18.9 Å². The monoisotopic (exact) mass is 844 g/mol. The molecule has 7 aromatic rings. The van der Waals surface area contributed by atoms with Crippen LogP contribution in [0.5, 0.6) is 34.5 Å². The summed E-state index contributed by atoms with van der Waals surface area (Å²) in [5.74, 6) is 1.01. The van der Waals surface area contributed by atoms with Crippen LogP contribution >= 0.6 is 0 Å². The number of hydrogen-bond acceptors (Lipinski definition) is 8. The summed E-state index contributed by atoms with van der Waals surface area (Å²) in [6, 6.07) is 43.5. The zero-order valence-electron chi connectivity index (χ0n) is 35.0. The van der Waals surface area contributed by atoms with E-state index in [0.29, 0.717) is 46.6 Å². The normalized spacial score (nSPS) is 12.8. The van der Waals surface area contributed by atoms with Gasteiger partial charge in [-0.2, -0.15) is 0 Å². The summed E-state index contributed by atoms with van der Waals surface area (Å²) in [4.78, 5) is 55.2. The molecule has 2 aliphatic heterocycles. The van der Waals surface area contributed by atoms with Gasteiger partial charge in [-0.1, -0.05) is 92.0 Å². The van der Waals surface area contributed by atoms with Crippen LogP contribution in [0.2, 0.25) is 0 Å². The van der Waals surface area contributed by atoms with E-state index in [0.717, 1.165) is 54.5 Å². The standard InChI is InChI=1S/C54H40N2O8/c1-5-34-8-12-36(13-9-34)31-61-49-27-38(16-7-33(49)3)39-17-26-48(50(28-39)62-32-37-14-10-35(6-2)11-15-37)56-53(59)45-25-23-43(30-47(45)54(56)60)64-41-20-18-40(19-21-41)63-42-22-24-44-46(29-42)52(58)55(4)51(44)57/h5-30H,1-2,31-32H2,3-4H3. The third kappa shape index (κ3) is 8.03. The molecular formula is C54H40N2O8. The van der Waals surface area contributed by atoms with Crippen LogP contribution in [0, 0.1) is 6.92 Å². The van der Waals surface area contributed by atoms with Gasteiger partial charge >= 0.3 is 0 Å². The van der Waals surface area contributed by atoms with E-state index < -0.39 is 11.8 Å². The number of amides is 4. The van der Waals surface area contributed by atoms with Crippen LogP contribution in [0.25, 0.3) is 23.3 Å². The maximum Gasteiger partial charge on any atom is 0.266 e. The lowest BCUT2D eigenvalue weighted by atomic mass is 10.0. The SMILES string of the molecule is C=Cc1ccc(COc2cc(-c3ccc(N4C(=O)c5ccc(Oc6ccc(Oc7ccc8c(c7)C(=O)N(C)C8=O)cc6)cc5C4=O)c(OCc4ccc(C=C)cc4)c3)ccc2C)cc1. The van der Waals surface area contributed by atoms with Crippen molar-refractivity contribution in [2.75, 3.05) is 11.9 Å². The molecule has 314 valence electrons. The predicted octanol–water partition coefficient (Wildman–Crippen LogP) is 11.7. The van der Waals surface area contributed by atoms with Gasteiger partial charge in [0.05, 0.1) is 27.9 Å². The fourth-order valence-corrected chi connectivity index (χ4v) is 7.51. The zero-order chi connectivity index (χ0) is 44.5.